The Morgan fingerprint density at radius 1 is 1.07 bits per heavy atom. The molecule has 0 aliphatic heterocycles. The number of rotatable bonds is 0. The second-order valence-electron chi connectivity index (χ2n) is 2.65. The number of hydrogen-bond acceptors (Lipinski definition) is 3. The first-order chi connectivity index (χ1) is 6.58. The third kappa shape index (κ3) is 1.41. The van der Waals surface area contributed by atoms with E-state index in [9.17, 15) is 8.78 Å². The Morgan fingerprint density at radius 3 is 2.14 bits per heavy atom. The zero-order chi connectivity index (χ0) is 10.3. The van der Waals surface area contributed by atoms with Gasteiger partial charge in [0.25, 0.3) is 0 Å². The smallest absolute Gasteiger partial charge is 0.161 e. The summed E-state index contributed by atoms with van der Waals surface area (Å²) in [5.41, 5.74) is 5.92. The minimum Gasteiger partial charge on any atom is -0.381 e. The molecule has 0 amide bonds. The second kappa shape index (κ2) is 3.13. The van der Waals surface area contributed by atoms with Crippen molar-refractivity contribution in [3.8, 4) is 0 Å². The monoisotopic (exact) mass is 259 g/mol. The molecular weight excluding hydrogens is 256 g/mol. The molecule has 0 fully saturated rings. The van der Waals surface area contributed by atoms with E-state index in [1.54, 1.807) is 0 Å². The number of nitrogens with zero attached hydrogens (tertiary/aromatic N) is 2. The van der Waals surface area contributed by atoms with Crippen molar-refractivity contribution in [1.29, 1.82) is 0 Å². The van der Waals surface area contributed by atoms with Crippen LogP contribution in [0.25, 0.3) is 11.0 Å². The lowest BCUT2D eigenvalue weighted by Crippen LogP contribution is -1.96. The number of aromatic nitrogens is 2. The Bertz CT molecular complexity index is 426. The first kappa shape index (κ1) is 9.26. The van der Waals surface area contributed by atoms with Gasteiger partial charge in [0, 0.05) is 12.1 Å². The third-order valence-corrected chi connectivity index (χ3v) is 2.27. The van der Waals surface area contributed by atoms with Crippen LogP contribution >= 0.6 is 15.9 Å². The van der Waals surface area contributed by atoms with Crippen LogP contribution < -0.4 is 5.73 Å². The number of benzene rings is 1. The van der Waals surface area contributed by atoms with Crippen LogP contribution in [0.2, 0.25) is 0 Å². The topological polar surface area (TPSA) is 51.8 Å². The van der Waals surface area contributed by atoms with E-state index in [0.717, 1.165) is 12.1 Å². The van der Waals surface area contributed by atoms with Gasteiger partial charge in [0.2, 0.25) is 0 Å². The molecule has 14 heavy (non-hydrogen) atoms. The molecule has 1 heterocycles. The summed E-state index contributed by atoms with van der Waals surface area (Å²) >= 11 is 3.04. The van der Waals surface area contributed by atoms with Gasteiger partial charge in [0.05, 0.1) is 11.0 Å². The maximum atomic E-state index is 12.8. The summed E-state index contributed by atoms with van der Waals surface area (Å²) < 4.78 is 25.9. The fraction of sp³-hybridized carbons (Fsp3) is 0. The first-order valence-electron chi connectivity index (χ1n) is 3.65. The highest BCUT2D eigenvalue weighted by atomic mass is 79.9. The number of anilines is 1. The van der Waals surface area contributed by atoms with Crippen molar-refractivity contribution < 1.29 is 8.78 Å². The van der Waals surface area contributed by atoms with Crippen LogP contribution in [-0.2, 0) is 0 Å². The molecule has 0 spiro atoms. The lowest BCUT2D eigenvalue weighted by Gasteiger charge is -2.01. The highest BCUT2D eigenvalue weighted by Crippen LogP contribution is 2.21. The number of fused-ring (bicyclic) bond motifs is 1. The fourth-order valence-electron chi connectivity index (χ4n) is 1.04. The van der Waals surface area contributed by atoms with E-state index in [-0.39, 0.29) is 16.9 Å². The standard InChI is InChI=1S/C8H4BrF2N3/c9-7-8(12)14-6-2-4(11)3(10)1-5(6)13-7/h1-2H,(H2,12,14). The second-order valence-corrected chi connectivity index (χ2v) is 3.41. The van der Waals surface area contributed by atoms with Crippen molar-refractivity contribution in [2.45, 2.75) is 0 Å². The molecule has 1 aromatic carbocycles. The highest BCUT2D eigenvalue weighted by Gasteiger charge is 2.08. The van der Waals surface area contributed by atoms with Crippen molar-refractivity contribution in [2.24, 2.45) is 0 Å². The molecule has 0 saturated heterocycles. The summed E-state index contributed by atoms with van der Waals surface area (Å²) in [6.07, 6.45) is 0. The molecular formula is C8H4BrF2N3. The predicted octanol–water partition coefficient (Wildman–Crippen LogP) is 2.25. The largest absolute Gasteiger partial charge is 0.381 e. The molecule has 0 unspecified atom stereocenters. The minimum atomic E-state index is -0.964. The molecule has 2 aromatic rings. The summed E-state index contributed by atoms with van der Waals surface area (Å²) in [4.78, 5) is 7.74. The van der Waals surface area contributed by atoms with Gasteiger partial charge >= 0.3 is 0 Å². The number of halogens is 3. The quantitative estimate of drug-likeness (QED) is 0.790. The van der Waals surface area contributed by atoms with Gasteiger partial charge in [-0.15, -0.1) is 0 Å². The Morgan fingerprint density at radius 2 is 1.57 bits per heavy atom. The molecule has 0 aliphatic carbocycles. The highest BCUT2D eigenvalue weighted by molar-refractivity contribution is 9.10. The number of nitrogen functional groups attached to an aromatic ring is 1. The van der Waals surface area contributed by atoms with Gasteiger partial charge in [-0.3, -0.25) is 0 Å². The van der Waals surface area contributed by atoms with Gasteiger partial charge in [0.1, 0.15) is 4.60 Å². The molecule has 6 heteroatoms. The third-order valence-electron chi connectivity index (χ3n) is 1.69. The maximum absolute atomic E-state index is 12.8. The van der Waals surface area contributed by atoms with E-state index < -0.39 is 11.6 Å². The van der Waals surface area contributed by atoms with Crippen LogP contribution in [0, 0.1) is 11.6 Å². The lowest BCUT2D eigenvalue weighted by atomic mass is 10.3. The van der Waals surface area contributed by atoms with Crippen LogP contribution in [0.5, 0.6) is 0 Å². The van der Waals surface area contributed by atoms with Crippen LogP contribution in [0.15, 0.2) is 16.7 Å². The molecule has 0 aliphatic rings. The molecule has 2 N–H and O–H groups in total. The maximum Gasteiger partial charge on any atom is 0.161 e. The van der Waals surface area contributed by atoms with Crippen LogP contribution in [0.4, 0.5) is 14.6 Å². The minimum absolute atomic E-state index is 0.142. The Balaban J connectivity index is 2.83. The van der Waals surface area contributed by atoms with Gasteiger partial charge in [-0.05, 0) is 15.9 Å². The zero-order valence-corrected chi connectivity index (χ0v) is 8.35. The molecule has 72 valence electrons. The summed E-state index contributed by atoms with van der Waals surface area (Å²) in [6, 6.07) is 1.93. The van der Waals surface area contributed by atoms with E-state index in [0.29, 0.717) is 4.60 Å². The van der Waals surface area contributed by atoms with Crippen molar-refractivity contribution in [3.05, 3.63) is 28.4 Å². The fourth-order valence-corrected chi connectivity index (χ4v) is 1.32. The van der Waals surface area contributed by atoms with Gasteiger partial charge in [0.15, 0.2) is 17.5 Å². The van der Waals surface area contributed by atoms with Gasteiger partial charge in [-0.1, -0.05) is 0 Å². The van der Waals surface area contributed by atoms with E-state index in [2.05, 4.69) is 25.9 Å². The van der Waals surface area contributed by atoms with E-state index in [4.69, 9.17) is 5.73 Å². The molecule has 2 rings (SSSR count). The average Bonchev–Trinajstić information content (AvgIpc) is 2.11. The Labute approximate surface area is 86.1 Å². The summed E-state index contributed by atoms with van der Waals surface area (Å²) in [7, 11) is 0. The molecule has 3 nitrogen and oxygen atoms in total. The van der Waals surface area contributed by atoms with Crippen molar-refractivity contribution in [3.63, 3.8) is 0 Å². The SMILES string of the molecule is Nc1nc2cc(F)c(F)cc2nc1Br. The molecule has 1 aromatic heterocycles. The Hall–Kier alpha value is -1.30. The normalized spacial score (nSPS) is 10.8. The molecule has 0 radical (unpaired) electrons. The lowest BCUT2D eigenvalue weighted by molar-refractivity contribution is 0.510. The Kier molecular flexibility index (Phi) is 2.07. The number of hydrogen-bond donors (Lipinski definition) is 1. The van der Waals surface area contributed by atoms with Gasteiger partial charge in [-0.2, -0.15) is 0 Å². The van der Waals surface area contributed by atoms with E-state index in [1.807, 2.05) is 0 Å². The predicted molar refractivity (Wildman–Crippen MR) is 51.6 cm³/mol. The van der Waals surface area contributed by atoms with E-state index >= 15 is 0 Å². The van der Waals surface area contributed by atoms with Crippen molar-refractivity contribution in [2.75, 3.05) is 5.73 Å². The molecule has 0 saturated carbocycles. The van der Waals surface area contributed by atoms with Gasteiger partial charge < -0.3 is 5.73 Å². The first-order valence-corrected chi connectivity index (χ1v) is 4.45. The van der Waals surface area contributed by atoms with Crippen LogP contribution in [0.3, 0.4) is 0 Å². The van der Waals surface area contributed by atoms with E-state index in [1.165, 1.54) is 0 Å². The summed E-state index contributed by atoms with van der Waals surface area (Å²) in [5, 5.41) is 0. The number of nitrogens with two attached hydrogens (primary N) is 1. The molecule has 0 atom stereocenters. The van der Waals surface area contributed by atoms with Crippen molar-refractivity contribution in [1.82, 2.24) is 9.97 Å². The van der Waals surface area contributed by atoms with Crippen molar-refractivity contribution >= 4 is 32.8 Å². The average molecular weight is 260 g/mol. The zero-order valence-electron chi connectivity index (χ0n) is 6.76. The van der Waals surface area contributed by atoms with Crippen LogP contribution in [-0.4, -0.2) is 9.97 Å². The summed E-state index contributed by atoms with van der Waals surface area (Å²) in [6.45, 7) is 0. The van der Waals surface area contributed by atoms with Crippen LogP contribution in [0.1, 0.15) is 0 Å². The summed E-state index contributed by atoms with van der Waals surface area (Å²) in [5.74, 6) is -1.78. The van der Waals surface area contributed by atoms with Gasteiger partial charge in [-0.25, -0.2) is 18.7 Å². The molecule has 0 bridgehead atoms.